The molecule has 0 amide bonds. The van der Waals surface area contributed by atoms with Crippen molar-refractivity contribution in [3.63, 3.8) is 0 Å². The molecule has 0 saturated carbocycles. The fourth-order valence-electron chi connectivity index (χ4n) is 1.28. The minimum absolute atomic E-state index is 0.0104. The van der Waals surface area contributed by atoms with Crippen LogP contribution in [-0.2, 0) is 9.84 Å². The van der Waals surface area contributed by atoms with E-state index in [0.717, 1.165) is 6.07 Å². The summed E-state index contributed by atoms with van der Waals surface area (Å²) >= 11 is 5.77. The van der Waals surface area contributed by atoms with Crippen LogP contribution in [0.15, 0.2) is 35.2 Å². The summed E-state index contributed by atoms with van der Waals surface area (Å²) in [5.41, 5.74) is 0.344. The number of halogens is 1. The molecule has 1 aromatic carbocycles. The van der Waals surface area contributed by atoms with Crippen LogP contribution in [0.2, 0.25) is 5.02 Å². The van der Waals surface area contributed by atoms with Gasteiger partial charge in [0.15, 0.2) is 9.84 Å². The zero-order valence-electron chi connectivity index (χ0n) is 9.10. The first-order valence-electron chi connectivity index (χ1n) is 4.64. The zero-order chi connectivity index (χ0) is 13.2. The molecule has 0 aliphatic carbocycles. The quantitative estimate of drug-likeness (QED) is 0.856. The average Bonchev–Trinajstić information content (AvgIpc) is 2.15. The second-order valence-corrected chi connectivity index (χ2v) is 6.03. The molecule has 17 heavy (non-hydrogen) atoms. The van der Waals surface area contributed by atoms with Crippen molar-refractivity contribution < 1.29 is 18.3 Å². The van der Waals surface area contributed by atoms with Gasteiger partial charge in [0.1, 0.15) is 0 Å². The van der Waals surface area contributed by atoms with E-state index in [1.54, 1.807) is 6.92 Å². The topological polar surface area (TPSA) is 71.4 Å². The molecule has 92 valence electrons. The van der Waals surface area contributed by atoms with Crippen LogP contribution in [0, 0.1) is 0 Å². The summed E-state index contributed by atoms with van der Waals surface area (Å²) in [7, 11) is -3.64. The van der Waals surface area contributed by atoms with Gasteiger partial charge in [0.05, 0.1) is 21.2 Å². The van der Waals surface area contributed by atoms with Gasteiger partial charge in [-0.3, -0.25) is 0 Å². The number of hydrogen-bond acceptors (Lipinski definition) is 3. The standard InChI is InChI=1S/C11H11ClO4S/c1-7(2)6-17(15,16)10-5-8(11(13)14)3-4-9(10)12/h3-5H,1,6H2,2H3,(H,13,14). The van der Waals surface area contributed by atoms with Crippen LogP contribution in [0.3, 0.4) is 0 Å². The van der Waals surface area contributed by atoms with E-state index in [0.29, 0.717) is 5.57 Å². The molecular formula is C11H11ClO4S. The third kappa shape index (κ3) is 3.31. The van der Waals surface area contributed by atoms with E-state index in [4.69, 9.17) is 16.7 Å². The normalized spacial score (nSPS) is 11.2. The Morgan fingerprint density at radius 3 is 2.53 bits per heavy atom. The molecule has 1 rings (SSSR count). The molecule has 0 radical (unpaired) electrons. The van der Waals surface area contributed by atoms with Crippen molar-refractivity contribution in [3.05, 3.63) is 40.9 Å². The van der Waals surface area contributed by atoms with Crippen LogP contribution in [0.25, 0.3) is 0 Å². The summed E-state index contributed by atoms with van der Waals surface area (Å²) < 4.78 is 23.8. The van der Waals surface area contributed by atoms with Crippen molar-refractivity contribution in [3.8, 4) is 0 Å². The SMILES string of the molecule is C=C(C)CS(=O)(=O)c1cc(C(=O)O)ccc1Cl. The van der Waals surface area contributed by atoms with Crippen LogP contribution in [0.4, 0.5) is 0 Å². The predicted molar refractivity (Wildman–Crippen MR) is 65.3 cm³/mol. The molecule has 0 saturated heterocycles. The van der Waals surface area contributed by atoms with Crippen LogP contribution in [-0.4, -0.2) is 25.2 Å². The third-order valence-electron chi connectivity index (χ3n) is 1.95. The van der Waals surface area contributed by atoms with E-state index in [2.05, 4.69) is 6.58 Å². The summed E-state index contributed by atoms with van der Waals surface area (Å²) in [4.78, 5) is 10.6. The van der Waals surface area contributed by atoms with Crippen LogP contribution >= 0.6 is 11.6 Å². The molecule has 6 heteroatoms. The predicted octanol–water partition coefficient (Wildman–Crippen LogP) is 2.39. The molecule has 0 aromatic heterocycles. The lowest BCUT2D eigenvalue weighted by atomic mass is 10.2. The molecule has 0 fully saturated rings. The minimum atomic E-state index is -3.64. The summed E-state index contributed by atoms with van der Waals surface area (Å²) in [6, 6.07) is 3.57. The second kappa shape index (κ2) is 4.89. The smallest absolute Gasteiger partial charge is 0.335 e. The van der Waals surface area contributed by atoms with Crippen molar-refractivity contribution in [1.29, 1.82) is 0 Å². The van der Waals surface area contributed by atoms with Gasteiger partial charge in [-0.25, -0.2) is 13.2 Å². The molecule has 0 aliphatic rings. The van der Waals surface area contributed by atoms with Gasteiger partial charge in [-0.15, -0.1) is 0 Å². The second-order valence-electron chi connectivity index (χ2n) is 3.67. The van der Waals surface area contributed by atoms with Crippen LogP contribution in [0.1, 0.15) is 17.3 Å². The monoisotopic (exact) mass is 274 g/mol. The lowest BCUT2D eigenvalue weighted by Gasteiger charge is -2.07. The lowest BCUT2D eigenvalue weighted by molar-refractivity contribution is 0.0696. The maximum atomic E-state index is 11.9. The van der Waals surface area contributed by atoms with E-state index in [9.17, 15) is 13.2 Å². The summed E-state index contributed by atoms with van der Waals surface area (Å²) in [6.07, 6.45) is 0. The number of rotatable bonds is 4. The van der Waals surface area contributed by atoms with Crippen molar-refractivity contribution in [2.45, 2.75) is 11.8 Å². The van der Waals surface area contributed by atoms with Gasteiger partial charge in [0.25, 0.3) is 0 Å². The number of sulfone groups is 1. The molecule has 0 spiro atoms. The van der Waals surface area contributed by atoms with E-state index >= 15 is 0 Å². The molecule has 4 nitrogen and oxygen atoms in total. The molecule has 0 aliphatic heterocycles. The zero-order valence-corrected chi connectivity index (χ0v) is 10.7. The highest BCUT2D eigenvalue weighted by molar-refractivity contribution is 7.91. The lowest BCUT2D eigenvalue weighted by Crippen LogP contribution is -2.09. The number of carbonyl (C=O) groups is 1. The van der Waals surface area contributed by atoms with Gasteiger partial charge in [-0.2, -0.15) is 0 Å². The molecule has 0 atom stereocenters. The number of aromatic carboxylic acids is 1. The fourth-order valence-corrected chi connectivity index (χ4v) is 3.22. The van der Waals surface area contributed by atoms with Crippen molar-refractivity contribution in [2.24, 2.45) is 0 Å². The summed E-state index contributed by atoms with van der Waals surface area (Å²) in [5, 5.41) is 8.80. The first kappa shape index (κ1) is 13.7. The average molecular weight is 275 g/mol. The maximum absolute atomic E-state index is 11.9. The van der Waals surface area contributed by atoms with Gasteiger partial charge in [-0.05, 0) is 25.1 Å². The van der Waals surface area contributed by atoms with Crippen molar-refractivity contribution in [2.75, 3.05) is 5.75 Å². The number of carboxylic acid groups (broad SMARTS) is 1. The van der Waals surface area contributed by atoms with Gasteiger partial charge in [-0.1, -0.05) is 23.8 Å². The molecule has 1 aromatic rings. The van der Waals surface area contributed by atoms with E-state index < -0.39 is 15.8 Å². The van der Waals surface area contributed by atoms with Crippen molar-refractivity contribution in [1.82, 2.24) is 0 Å². The number of hydrogen-bond donors (Lipinski definition) is 1. The highest BCUT2D eigenvalue weighted by Crippen LogP contribution is 2.24. The van der Waals surface area contributed by atoms with Gasteiger partial charge >= 0.3 is 5.97 Å². The first-order chi connectivity index (χ1) is 7.74. The first-order valence-corrected chi connectivity index (χ1v) is 6.67. The Morgan fingerprint density at radius 1 is 1.47 bits per heavy atom. The highest BCUT2D eigenvalue weighted by Gasteiger charge is 2.20. The van der Waals surface area contributed by atoms with E-state index in [-0.39, 0.29) is 21.2 Å². The molecule has 0 bridgehead atoms. The van der Waals surface area contributed by atoms with Crippen LogP contribution < -0.4 is 0 Å². The molecule has 0 unspecified atom stereocenters. The van der Waals surface area contributed by atoms with E-state index in [1.165, 1.54) is 12.1 Å². The Kier molecular flexibility index (Phi) is 3.95. The highest BCUT2D eigenvalue weighted by atomic mass is 35.5. The Bertz CT molecular complexity index is 575. The minimum Gasteiger partial charge on any atom is -0.478 e. The fraction of sp³-hybridized carbons (Fsp3) is 0.182. The van der Waals surface area contributed by atoms with Gasteiger partial charge in [0, 0.05) is 0 Å². The Labute approximate surface area is 104 Å². The third-order valence-corrected chi connectivity index (χ3v) is 4.27. The summed E-state index contributed by atoms with van der Waals surface area (Å²) in [6.45, 7) is 5.09. The number of carboxylic acids is 1. The largest absolute Gasteiger partial charge is 0.478 e. The van der Waals surface area contributed by atoms with Gasteiger partial charge < -0.3 is 5.11 Å². The van der Waals surface area contributed by atoms with E-state index in [1.807, 2.05) is 0 Å². The Hall–Kier alpha value is -1.33. The summed E-state index contributed by atoms with van der Waals surface area (Å²) in [5.74, 6) is -1.45. The Morgan fingerprint density at radius 2 is 2.06 bits per heavy atom. The molecular weight excluding hydrogens is 264 g/mol. The molecule has 1 N–H and O–H groups in total. The maximum Gasteiger partial charge on any atom is 0.335 e. The Balaban J connectivity index is 3.35. The molecule has 0 heterocycles. The van der Waals surface area contributed by atoms with Gasteiger partial charge in [0.2, 0.25) is 0 Å². The number of benzene rings is 1. The van der Waals surface area contributed by atoms with Crippen LogP contribution in [0.5, 0.6) is 0 Å². The van der Waals surface area contributed by atoms with Crippen molar-refractivity contribution >= 4 is 27.4 Å².